The van der Waals surface area contributed by atoms with Crippen LogP contribution in [0.2, 0.25) is 5.15 Å². The summed E-state index contributed by atoms with van der Waals surface area (Å²) < 4.78 is 0. The molecule has 1 aromatic heterocycles. The van der Waals surface area contributed by atoms with E-state index in [0.29, 0.717) is 16.6 Å². The Morgan fingerprint density at radius 1 is 1.29 bits per heavy atom. The van der Waals surface area contributed by atoms with E-state index in [1.807, 2.05) is 43.3 Å². The molecule has 0 bridgehead atoms. The Hall–Kier alpha value is -1.87. The first-order chi connectivity index (χ1) is 10.1. The second-order valence-electron chi connectivity index (χ2n) is 5.48. The lowest BCUT2D eigenvalue weighted by molar-refractivity contribution is 0.0939. The molecule has 1 atom stereocenters. The second kappa shape index (κ2) is 5.86. The first-order valence-corrected chi connectivity index (χ1v) is 7.54. The average Bonchev–Trinajstić information content (AvgIpc) is 3.32. The lowest BCUT2D eigenvalue weighted by Gasteiger charge is -2.14. The summed E-state index contributed by atoms with van der Waals surface area (Å²) in [5.74, 6) is 0.361. The van der Waals surface area contributed by atoms with Gasteiger partial charge < -0.3 is 5.32 Å². The first kappa shape index (κ1) is 14.1. The molecule has 0 radical (unpaired) electrons. The Morgan fingerprint density at radius 2 is 2.00 bits per heavy atom. The Kier molecular flexibility index (Phi) is 3.93. The van der Waals surface area contributed by atoms with Crippen LogP contribution in [0, 0.1) is 0 Å². The molecule has 1 aliphatic carbocycles. The molecular weight excluding hydrogens is 284 g/mol. The third-order valence-electron chi connectivity index (χ3n) is 3.72. The molecule has 1 unspecified atom stereocenters. The van der Waals surface area contributed by atoms with E-state index in [2.05, 4.69) is 10.3 Å². The largest absolute Gasteiger partial charge is 0.346 e. The second-order valence-corrected chi connectivity index (χ2v) is 5.87. The van der Waals surface area contributed by atoms with Crippen molar-refractivity contribution in [1.29, 1.82) is 0 Å². The highest BCUT2D eigenvalue weighted by atomic mass is 35.5. The highest BCUT2D eigenvalue weighted by Gasteiger charge is 2.26. The van der Waals surface area contributed by atoms with Crippen LogP contribution in [0.3, 0.4) is 0 Å². The van der Waals surface area contributed by atoms with Crippen LogP contribution in [0.15, 0.2) is 42.5 Å². The van der Waals surface area contributed by atoms with Gasteiger partial charge in [0.25, 0.3) is 5.91 Å². The Morgan fingerprint density at radius 3 is 2.67 bits per heavy atom. The van der Waals surface area contributed by atoms with Gasteiger partial charge in [0.1, 0.15) is 5.15 Å². The summed E-state index contributed by atoms with van der Waals surface area (Å²) in [7, 11) is 0. The van der Waals surface area contributed by atoms with Crippen molar-refractivity contribution >= 4 is 17.5 Å². The zero-order valence-corrected chi connectivity index (χ0v) is 12.6. The number of nitrogens with zero attached hydrogens (tertiary/aromatic N) is 1. The Bertz CT molecular complexity index is 653. The molecule has 1 fully saturated rings. The summed E-state index contributed by atoms with van der Waals surface area (Å²) >= 11 is 6.03. The molecule has 108 valence electrons. The zero-order valence-electron chi connectivity index (χ0n) is 11.8. The summed E-state index contributed by atoms with van der Waals surface area (Å²) in [4.78, 5) is 16.7. The van der Waals surface area contributed by atoms with Crippen LogP contribution in [0.5, 0.6) is 0 Å². The van der Waals surface area contributed by atoms with E-state index in [1.165, 1.54) is 0 Å². The number of amides is 1. The Labute approximate surface area is 129 Å². The number of carbonyl (C=O) groups excluding carboxylic acids is 1. The fraction of sp³-hybridized carbons (Fsp3) is 0.294. The number of hydrogen-bond acceptors (Lipinski definition) is 2. The summed E-state index contributed by atoms with van der Waals surface area (Å²) in [6, 6.07) is 13.3. The highest BCUT2D eigenvalue weighted by molar-refractivity contribution is 6.29. The number of carbonyl (C=O) groups is 1. The molecule has 1 heterocycles. The molecule has 1 amide bonds. The summed E-state index contributed by atoms with van der Waals surface area (Å²) in [6.45, 7) is 1.97. The molecule has 1 saturated carbocycles. The van der Waals surface area contributed by atoms with Crippen LogP contribution < -0.4 is 5.32 Å². The minimum Gasteiger partial charge on any atom is -0.346 e. The molecule has 1 aliphatic rings. The van der Waals surface area contributed by atoms with Gasteiger partial charge in [-0.2, -0.15) is 0 Å². The van der Waals surface area contributed by atoms with E-state index in [-0.39, 0.29) is 11.9 Å². The van der Waals surface area contributed by atoms with Crippen LogP contribution in [-0.2, 0) is 0 Å². The topological polar surface area (TPSA) is 42.0 Å². The van der Waals surface area contributed by atoms with Gasteiger partial charge in [-0.05, 0) is 37.5 Å². The smallest absolute Gasteiger partial charge is 0.251 e. The molecule has 1 aromatic carbocycles. The van der Waals surface area contributed by atoms with Crippen molar-refractivity contribution in [1.82, 2.24) is 10.3 Å². The van der Waals surface area contributed by atoms with Crippen molar-refractivity contribution < 1.29 is 4.79 Å². The minimum atomic E-state index is -0.113. The molecular formula is C17H17ClN2O. The van der Waals surface area contributed by atoms with Gasteiger partial charge in [-0.25, -0.2) is 4.98 Å². The van der Waals surface area contributed by atoms with Crippen LogP contribution in [0.4, 0.5) is 0 Å². The maximum Gasteiger partial charge on any atom is 0.251 e. The number of pyridine rings is 1. The molecule has 2 aromatic rings. The quantitative estimate of drug-likeness (QED) is 0.864. The number of hydrogen-bond donors (Lipinski definition) is 1. The third-order valence-corrected chi connectivity index (χ3v) is 3.91. The van der Waals surface area contributed by atoms with Crippen LogP contribution >= 0.6 is 11.6 Å². The van der Waals surface area contributed by atoms with Gasteiger partial charge in [-0.1, -0.05) is 41.9 Å². The van der Waals surface area contributed by atoms with Crippen molar-refractivity contribution in [3.8, 4) is 0 Å². The first-order valence-electron chi connectivity index (χ1n) is 7.17. The third kappa shape index (κ3) is 3.42. The van der Waals surface area contributed by atoms with Gasteiger partial charge in [0.15, 0.2) is 0 Å². The number of aromatic nitrogens is 1. The van der Waals surface area contributed by atoms with Crippen LogP contribution in [0.25, 0.3) is 0 Å². The summed E-state index contributed by atoms with van der Waals surface area (Å²) in [6.07, 6.45) is 2.27. The fourth-order valence-corrected chi connectivity index (χ4v) is 2.56. The molecule has 3 rings (SSSR count). The van der Waals surface area contributed by atoms with Crippen LogP contribution in [-0.4, -0.2) is 10.9 Å². The zero-order chi connectivity index (χ0) is 14.8. The summed E-state index contributed by atoms with van der Waals surface area (Å²) in [5.41, 5.74) is 2.59. The molecule has 0 aliphatic heterocycles. The van der Waals surface area contributed by atoms with E-state index in [4.69, 9.17) is 11.6 Å². The van der Waals surface area contributed by atoms with Crippen molar-refractivity contribution in [2.24, 2.45) is 0 Å². The SMILES string of the molecule is CC(NC(=O)c1cc(Cl)nc(C2CC2)c1)c1ccccc1. The molecule has 0 saturated heterocycles. The van der Waals surface area contributed by atoms with Crippen molar-refractivity contribution in [3.63, 3.8) is 0 Å². The van der Waals surface area contributed by atoms with Gasteiger partial charge in [0.05, 0.1) is 6.04 Å². The van der Waals surface area contributed by atoms with E-state index >= 15 is 0 Å². The Balaban J connectivity index is 1.76. The summed E-state index contributed by atoms with van der Waals surface area (Å²) in [5, 5.41) is 3.39. The van der Waals surface area contributed by atoms with Gasteiger partial charge in [-0.3, -0.25) is 4.79 Å². The van der Waals surface area contributed by atoms with Crippen molar-refractivity contribution in [3.05, 3.63) is 64.4 Å². The monoisotopic (exact) mass is 300 g/mol. The molecule has 3 nitrogen and oxygen atoms in total. The fourth-order valence-electron chi connectivity index (χ4n) is 2.34. The maximum absolute atomic E-state index is 12.4. The van der Waals surface area contributed by atoms with Gasteiger partial charge in [0, 0.05) is 17.2 Å². The van der Waals surface area contributed by atoms with Crippen LogP contribution in [0.1, 0.15) is 53.3 Å². The van der Waals surface area contributed by atoms with Crippen molar-refractivity contribution in [2.75, 3.05) is 0 Å². The number of halogens is 1. The van der Waals surface area contributed by atoms with Gasteiger partial charge in [-0.15, -0.1) is 0 Å². The number of rotatable bonds is 4. The normalized spacial score (nSPS) is 15.5. The van der Waals surface area contributed by atoms with E-state index < -0.39 is 0 Å². The molecule has 1 N–H and O–H groups in total. The van der Waals surface area contributed by atoms with E-state index in [9.17, 15) is 4.79 Å². The van der Waals surface area contributed by atoms with Gasteiger partial charge in [0.2, 0.25) is 0 Å². The van der Waals surface area contributed by atoms with E-state index in [0.717, 1.165) is 24.1 Å². The predicted molar refractivity (Wildman–Crippen MR) is 83.5 cm³/mol. The predicted octanol–water partition coefficient (Wildman–Crippen LogP) is 4.10. The van der Waals surface area contributed by atoms with Crippen molar-refractivity contribution in [2.45, 2.75) is 31.7 Å². The average molecular weight is 301 g/mol. The number of benzene rings is 1. The standard InChI is InChI=1S/C17H17ClN2O/c1-11(12-5-3-2-4-6-12)19-17(21)14-9-15(13-7-8-13)20-16(18)10-14/h2-6,9-11,13H,7-8H2,1H3,(H,19,21). The lowest BCUT2D eigenvalue weighted by Crippen LogP contribution is -2.26. The maximum atomic E-state index is 12.4. The highest BCUT2D eigenvalue weighted by Crippen LogP contribution is 2.39. The molecule has 0 spiro atoms. The molecule has 4 heteroatoms. The van der Waals surface area contributed by atoms with Gasteiger partial charge >= 0.3 is 0 Å². The lowest BCUT2D eigenvalue weighted by atomic mass is 10.1. The van der Waals surface area contributed by atoms with E-state index in [1.54, 1.807) is 6.07 Å². The minimum absolute atomic E-state index is 0.0463. The number of nitrogens with one attached hydrogen (secondary N) is 1. The molecule has 21 heavy (non-hydrogen) atoms.